The molecule has 3 fully saturated rings. The van der Waals surface area contributed by atoms with Crippen LogP contribution in [0.5, 0.6) is 11.5 Å². The molecular weight excluding hydrogens is 660 g/mol. The number of hydrogen-bond donors (Lipinski definition) is 1. The lowest BCUT2D eigenvalue weighted by Gasteiger charge is -2.43. The van der Waals surface area contributed by atoms with E-state index < -0.39 is 0 Å². The minimum atomic E-state index is -0.375. The lowest BCUT2D eigenvalue weighted by molar-refractivity contribution is -0.123. The van der Waals surface area contributed by atoms with Crippen LogP contribution in [0.15, 0.2) is 81.0 Å². The Hall–Kier alpha value is -3.34. The van der Waals surface area contributed by atoms with Crippen molar-refractivity contribution in [3.8, 4) is 11.5 Å². The van der Waals surface area contributed by atoms with Crippen molar-refractivity contribution in [2.45, 2.75) is 36.1 Å². The maximum atomic E-state index is 14.1. The number of carbonyl (C=O) groups excluding carboxylic acids is 2. The molecule has 1 saturated heterocycles. The van der Waals surface area contributed by atoms with E-state index in [9.17, 15) is 14.4 Å². The van der Waals surface area contributed by atoms with Crippen LogP contribution in [0.3, 0.4) is 0 Å². The standard InChI is InChI=1S/C34H29BrN2O5S2/c1-16-3-5-17(6-4-16)15-42-24-12-7-18(35)13-21(24)25-26-22-14-23(29(26)43-31-30(25)44-34(40)36-31)28-27(22)32(38)37(33(28)39)19-8-10-20(41-2)11-9-19/h3-13,22-23,25-29H,14-15H2,1-2H3,(H,36,40)/t22-,23-,25+,26+,27+,28+,29-/m1/s1. The minimum absolute atomic E-state index is 0.0153. The molecule has 7 nitrogen and oxygen atoms in total. The lowest BCUT2D eigenvalue weighted by Crippen LogP contribution is -2.42. The van der Waals surface area contributed by atoms with Gasteiger partial charge in [0.25, 0.3) is 0 Å². The molecule has 44 heavy (non-hydrogen) atoms. The second-order valence-corrected chi connectivity index (χ2v) is 15.2. The molecule has 3 aromatic carbocycles. The van der Waals surface area contributed by atoms with Crippen molar-refractivity contribution in [2.75, 3.05) is 12.0 Å². The number of halogens is 1. The number of imide groups is 1. The summed E-state index contributed by atoms with van der Waals surface area (Å²) in [5.74, 6) is 0.492. The van der Waals surface area contributed by atoms with Crippen molar-refractivity contribution in [3.63, 3.8) is 0 Å². The molecule has 224 valence electrons. The van der Waals surface area contributed by atoms with Crippen LogP contribution in [0, 0.1) is 36.5 Å². The number of thioether (sulfide) groups is 1. The molecule has 4 aliphatic rings. The number of ether oxygens (including phenoxy) is 2. The number of thiazole rings is 1. The Morgan fingerprint density at radius 2 is 1.68 bits per heavy atom. The molecule has 2 aliphatic heterocycles. The molecule has 0 radical (unpaired) electrons. The number of anilines is 1. The molecular formula is C34H29BrN2O5S2. The maximum absolute atomic E-state index is 14.1. The van der Waals surface area contributed by atoms with Gasteiger partial charge in [0.2, 0.25) is 11.8 Å². The fourth-order valence-electron chi connectivity index (χ4n) is 8.09. The van der Waals surface area contributed by atoms with E-state index >= 15 is 0 Å². The quantitative estimate of drug-likeness (QED) is 0.225. The van der Waals surface area contributed by atoms with Gasteiger partial charge in [-0.1, -0.05) is 57.1 Å². The molecule has 2 saturated carbocycles. The van der Waals surface area contributed by atoms with Crippen molar-refractivity contribution in [1.29, 1.82) is 0 Å². The number of carbonyl (C=O) groups is 2. The molecule has 1 N–H and O–H groups in total. The van der Waals surface area contributed by atoms with Gasteiger partial charge in [0.15, 0.2) is 0 Å². The summed E-state index contributed by atoms with van der Waals surface area (Å²) >= 11 is 6.63. The SMILES string of the molecule is COc1ccc(N2C(=O)[C@H]3[C@H]4C[C@@H]([C@@H]3C2=O)[C@H]2[C@H](c3cc(Br)ccc3OCc3ccc(C)cc3)c3sc(=O)[nH]c3S[C@H]42)cc1. The number of H-pyrrole nitrogens is 1. The zero-order valence-corrected chi connectivity index (χ0v) is 27.2. The Labute approximate surface area is 271 Å². The number of rotatable bonds is 6. The second-order valence-electron chi connectivity index (χ2n) is 12.1. The summed E-state index contributed by atoms with van der Waals surface area (Å²) in [5.41, 5.74) is 3.86. The van der Waals surface area contributed by atoms with Crippen LogP contribution in [0.1, 0.15) is 33.9 Å². The van der Waals surface area contributed by atoms with E-state index in [2.05, 4.69) is 58.2 Å². The number of amides is 2. The summed E-state index contributed by atoms with van der Waals surface area (Å²) in [6.45, 7) is 2.48. The average Bonchev–Trinajstić information content (AvgIpc) is 3.76. The number of fused-ring (bicyclic) bond motifs is 9. The van der Waals surface area contributed by atoms with Gasteiger partial charge in [-0.05, 0) is 79.1 Å². The van der Waals surface area contributed by atoms with Gasteiger partial charge in [-0.2, -0.15) is 0 Å². The first-order valence-electron chi connectivity index (χ1n) is 14.7. The summed E-state index contributed by atoms with van der Waals surface area (Å²) < 4.78 is 12.7. The normalized spacial score (nSPS) is 28.2. The highest BCUT2D eigenvalue weighted by molar-refractivity contribution is 9.10. The van der Waals surface area contributed by atoms with E-state index in [1.165, 1.54) is 21.8 Å². The molecule has 7 atom stereocenters. The van der Waals surface area contributed by atoms with Gasteiger partial charge in [-0.3, -0.25) is 19.3 Å². The van der Waals surface area contributed by atoms with Crippen molar-refractivity contribution in [2.24, 2.45) is 29.6 Å². The summed E-state index contributed by atoms with van der Waals surface area (Å²) in [6.07, 6.45) is 0.828. The van der Waals surface area contributed by atoms with Crippen LogP contribution >= 0.6 is 39.0 Å². The Bertz CT molecular complexity index is 1850. The van der Waals surface area contributed by atoms with Crippen molar-refractivity contribution < 1.29 is 19.1 Å². The van der Waals surface area contributed by atoms with Crippen LogP contribution in [-0.2, 0) is 16.2 Å². The largest absolute Gasteiger partial charge is 0.497 e. The van der Waals surface area contributed by atoms with Crippen LogP contribution in [0.2, 0.25) is 0 Å². The van der Waals surface area contributed by atoms with Crippen molar-refractivity contribution in [1.82, 2.24) is 4.98 Å². The third kappa shape index (κ3) is 4.32. The average molecular weight is 690 g/mol. The summed E-state index contributed by atoms with van der Waals surface area (Å²) in [5, 5.41) is 0.976. The van der Waals surface area contributed by atoms with Gasteiger partial charge in [-0.25, -0.2) is 0 Å². The van der Waals surface area contributed by atoms with Crippen LogP contribution in [0.4, 0.5) is 5.69 Å². The first kappa shape index (κ1) is 28.2. The van der Waals surface area contributed by atoms with Gasteiger partial charge in [0.1, 0.15) is 18.1 Å². The fourth-order valence-corrected chi connectivity index (χ4v) is 11.3. The fraction of sp³-hybridized carbons (Fsp3) is 0.324. The van der Waals surface area contributed by atoms with E-state index in [0.717, 1.165) is 37.7 Å². The lowest BCUT2D eigenvalue weighted by atomic mass is 9.68. The highest BCUT2D eigenvalue weighted by Crippen LogP contribution is 2.69. The Morgan fingerprint density at radius 1 is 0.955 bits per heavy atom. The van der Waals surface area contributed by atoms with Gasteiger partial charge >= 0.3 is 4.87 Å². The molecule has 0 unspecified atom stereocenters. The van der Waals surface area contributed by atoms with E-state index in [1.807, 2.05) is 12.1 Å². The van der Waals surface area contributed by atoms with Crippen molar-refractivity contribution in [3.05, 3.63) is 102 Å². The number of aromatic nitrogens is 1. The number of benzene rings is 3. The number of aryl methyl sites for hydroxylation is 1. The molecule has 1 aromatic heterocycles. The van der Waals surface area contributed by atoms with Gasteiger partial charge in [0.05, 0.1) is 29.7 Å². The number of methoxy groups -OCH3 is 1. The molecule has 3 heterocycles. The third-order valence-corrected chi connectivity index (χ3v) is 13.0. The van der Waals surface area contributed by atoms with E-state index in [1.54, 1.807) is 43.1 Å². The third-order valence-electron chi connectivity index (χ3n) is 9.88. The van der Waals surface area contributed by atoms with E-state index in [-0.39, 0.29) is 57.4 Å². The Morgan fingerprint density at radius 3 is 2.41 bits per heavy atom. The highest BCUT2D eigenvalue weighted by atomic mass is 79.9. The predicted molar refractivity (Wildman–Crippen MR) is 174 cm³/mol. The van der Waals surface area contributed by atoms with E-state index in [4.69, 9.17) is 9.47 Å². The van der Waals surface area contributed by atoms with Gasteiger partial charge in [-0.15, -0.1) is 11.8 Å². The zero-order valence-electron chi connectivity index (χ0n) is 24.0. The van der Waals surface area contributed by atoms with Crippen LogP contribution in [0.25, 0.3) is 0 Å². The molecule has 2 aliphatic carbocycles. The Kier molecular flexibility index (Phi) is 6.80. The molecule has 8 rings (SSSR count). The predicted octanol–water partition coefficient (Wildman–Crippen LogP) is 6.77. The highest BCUT2D eigenvalue weighted by Gasteiger charge is 2.69. The van der Waals surface area contributed by atoms with Gasteiger partial charge < -0.3 is 14.5 Å². The first-order valence-corrected chi connectivity index (χ1v) is 17.2. The van der Waals surface area contributed by atoms with E-state index in [0.29, 0.717) is 18.0 Å². The number of hydrogen-bond acceptors (Lipinski definition) is 7. The first-order chi connectivity index (χ1) is 21.3. The number of aromatic amines is 1. The molecule has 10 heteroatoms. The summed E-state index contributed by atoms with van der Waals surface area (Å²) in [7, 11) is 1.59. The number of nitrogens with zero attached hydrogens (tertiary/aromatic N) is 1. The van der Waals surface area contributed by atoms with Gasteiger partial charge in [0, 0.05) is 26.1 Å². The smallest absolute Gasteiger partial charge is 0.305 e. The van der Waals surface area contributed by atoms with Crippen molar-refractivity contribution >= 4 is 56.5 Å². The summed E-state index contributed by atoms with van der Waals surface area (Å²) in [6, 6.07) is 21.5. The maximum Gasteiger partial charge on any atom is 0.305 e. The molecule has 2 amide bonds. The minimum Gasteiger partial charge on any atom is -0.497 e. The zero-order chi connectivity index (χ0) is 30.3. The molecule has 2 bridgehead atoms. The Balaban J connectivity index is 1.18. The monoisotopic (exact) mass is 688 g/mol. The number of nitrogens with one attached hydrogen (secondary N) is 1. The van der Waals surface area contributed by atoms with Crippen LogP contribution < -0.4 is 19.2 Å². The van der Waals surface area contributed by atoms with Crippen LogP contribution in [-0.4, -0.2) is 29.2 Å². The second kappa shape index (κ2) is 10.6. The topological polar surface area (TPSA) is 88.7 Å². The molecule has 4 aromatic rings. The molecule has 0 spiro atoms. The summed E-state index contributed by atoms with van der Waals surface area (Å²) in [4.78, 5) is 46.2.